The van der Waals surface area contributed by atoms with Crippen molar-refractivity contribution in [2.45, 2.75) is 52.0 Å². The lowest BCUT2D eigenvalue weighted by molar-refractivity contribution is -0.140. The number of esters is 1. The van der Waals surface area contributed by atoms with E-state index in [4.69, 9.17) is 5.73 Å². The predicted octanol–water partition coefficient (Wildman–Crippen LogP) is 0.0352. The zero-order chi connectivity index (χ0) is 19.2. The van der Waals surface area contributed by atoms with E-state index in [0.29, 0.717) is 32.4 Å². The summed E-state index contributed by atoms with van der Waals surface area (Å²) < 4.78 is 4.51. The highest BCUT2D eigenvalue weighted by molar-refractivity contribution is 5.87. The molecule has 0 saturated heterocycles. The van der Waals surface area contributed by atoms with Crippen molar-refractivity contribution < 1.29 is 23.9 Å². The molecule has 0 saturated carbocycles. The first-order valence-corrected chi connectivity index (χ1v) is 8.45. The summed E-state index contributed by atoms with van der Waals surface area (Å²) in [5.74, 6) is -0.958. The molecule has 0 aromatic heterocycles. The highest BCUT2D eigenvalue weighted by atomic mass is 16.5. The van der Waals surface area contributed by atoms with Gasteiger partial charge in [-0.15, -0.1) is 0 Å². The van der Waals surface area contributed by atoms with E-state index in [1.54, 1.807) is 0 Å². The zero-order valence-electron chi connectivity index (χ0n) is 15.2. The Morgan fingerprint density at radius 1 is 0.960 bits per heavy atom. The van der Waals surface area contributed by atoms with Crippen molar-refractivity contribution in [3.05, 3.63) is 0 Å². The van der Waals surface area contributed by atoms with Gasteiger partial charge >= 0.3 is 12.0 Å². The number of carbonyl (C=O) groups is 4. The van der Waals surface area contributed by atoms with E-state index in [1.165, 1.54) is 7.11 Å². The molecule has 25 heavy (non-hydrogen) atoms. The second kappa shape index (κ2) is 13.0. The molecule has 0 spiro atoms. The van der Waals surface area contributed by atoms with E-state index in [1.807, 2.05) is 13.8 Å². The highest BCUT2D eigenvalue weighted by Crippen LogP contribution is 2.04. The van der Waals surface area contributed by atoms with Crippen LogP contribution in [0.4, 0.5) is 4.79 Å². The van der Waals surface area contributed by atoms with Gasteiger partial charge in [-0.05, 0) is 25.2 Å². The van der Waals surface area contributed by atoms with Crippen molar-refractivity contribution >= 4 is 23.8 Å². The van der Waals surface area contributed by atoms with Crippen molar-refractivity contribution in [3.63, 3.8) is 0 Å². The molecule has 9 nitrogen and oxygen atoms in total. The smallest absolute Gasteiger partial charge is 0.312 e. The number of primary amides is 1. The number of urea groups is 1. The SMILES string of the molecule is COC(=O)CCCC(=O)NC(C(=O)NCCCCNC(N)=O)C(C)C. The summed E-state index contributed by atoms with van der Waals surface area (Å²) >= 11 is 0. The quantitative estimate of drug-likeness (QED) is 0.288. The Morgan fingerprint density at radius 2 is 1.56 bits per heavy atom. The number of amides is 4. The highest BCUT2D eigenvalue weighted by Gasteiger charge is 2.23. The maximum atomic E-state index is 12.2. The zero-order valence-corrected chi connectivity index (χ0v) is 15.2. The summed E-state index contributed by atoms with van der Waals surface area (Å²) in [4.78, 5) is 45.6. The van der Waals surface area contributed by atoms with Crippen LogP contribution >= 0.6 is 0 Å². The fourth-order valence-electron chi connectivity index (χ4n) is 2.06. The van der Waals surface area contributed by atoms with E-state index in [9.17, 15) is 19.2 Å². The van der Waals surface area contributed by atoms with Crippen LogP contribution in [-0.2, 0) is 19.1 Å². The average Bonchev–Trinajstić information content (AvgIpc) is 2.54. The standard InChI is InChI=1S/C16H30N4O5/c1-11(2)14(20-12(21)7-6-8-13(22)25-3)15(23)18-9-4-5-10-19-16(17)24/h11,14H,4-10H2,1-3H3,(H,18,23)(H,20,21)(H3,17,19,24). The Labute approximate surface area is 148 Å². The predicted molar refractivity (Wildman–Crippen MR) is 92.5 cm³/mol. The summed E-state index contributed by atoms with van der Waals surface area (Å²) in [6.45, 7) is 4.59. The first kappa shape index (κ1) is 22.7. The van der Waals surface area contributed by atoms with Gasteiger partial charge in [0.15, 0.2) is 0 Å². The number of nitrogens with two attached hydrogens (primary N) is 1. The Kier molecular flexibility index (Phi) is 11.8. The third kappa shape index (κ3) is 11.8. The monoisotopic (exact) mass is 358 g/mol. The van der Waals surface area contributed by atoms with Gasteiger partial charge in [0.05, 0.1) is 7.11 Å². The summed E-state index contributed by atoms with van der Waals surface area (Å²) in [5.41, 5.74) is 4.95. The van der Waals surface area contributed by atoms with Crippen LogP contribution in [0, 0.1) is 5.92 Å². The normalized spacial score (nSPS) is 11.5. The van der Waals surface area contributed by atoms with Crippen molar-refractivity contribution in [2.24, 2.45) is 11.7 Å². The third-order valence-corrected chi connectivity index (χ3v) is 3.48. The number of nitrogens with one attached hydrogen (secondary N) is 3. The van der Waals surface area contributed by atoms with Crippen LogP contribution in [0.1, 0.15) is 46.0 Å². The minimum atomic E-state index is -0.630. The Balaban J connectivity index is 4.12. The van der Waals surface area contributed by atoms with E-state index in [0.717, 1.165) is 0 Å². The van der Waals surface area contributed by atoms with Gasteiger partial charge in [0, 0.05) is 25.9 Å². The molecule has 0 aromatic carbocycles. The molecule has 0 rings (SSSR count). The molecule has 0 aliphatic heterocycles. The van der Waals surface area contributed by atoms with E-state index in [-0.39, 0.29) is 36.5 Å². The molecule has 0 bridgehead atoms. The van der Waals surface area contributed by atoms with Gasteiger partial charge in [0.25, 0.3) is 0 Å². The maximum Gasteiger partial charge on any atom is 0.312 e. The number of methoxy groups -OCH3 is 1. The molecule has 4 amide bonds. The van der Waals surface area contributed by atoms with Crippen LogP contribution in [0.2, 0.25) is 0 Å². The number of unbranched alkanes of at least 4 members (excludes halogenated alkanes) is 1. The van der Waals surface area contributed by atoms with Crippen molar-refractivity contribution in [2.75, 3.05) is 20.2 Å². The number of hydrogen-bond acceptors (Lipinski definition) is 5. The van der Waals surface area contributed by atoms with Crippen LogP contribution in [0.5, 0.6) is 0 Å². The molecule has 0 radical (unpaired) electrons. The largest absolute Gasteiger partial charge is 0.469 e. The first-order chi connectivity index (χ1) is 11.8. The lowest BCUT2D eigenvalue weighted by Gasteiger charge is -2.21. The number of carbonyl (C=O) groups excluding carboxylic acids is 4. The fourth-order valence-corrected chi connectivity index (χ4v) is 2.06. The molecule has 1 atom stereocenters. The Morgan fingerprint density at radius 3 is 2.08 bits per heavy atom. The number of rotatable bonds is 12. The van der Waals surface area contributed by atoms with Crippen molar-refractivity contribution in [1.29, 1.82) is 0 Å². The van der Waals surface area contributed by atoms with Gasteiger partial charge in [-0.2, -0.15) is 0 Å². The van der Waals surface area contributed by atoms with Crippen molar-refractivity contribution in [3.8, 4) is 0 Å². The van der Waals surface area contributed by atoms with Crippen LogP contribution in [0.25, 0.3) is 0 Å². The van der Waals surface area contributed by atoms with E-state index >= 15 is 0 Å². The Hall–Kier alpha value is -2.32. The van der Waals surface area contributed by atoms with Gasteiger partial charge in [-0.3, -0.25) is 14.4 Å². The molecular weight excluding hydrogens is 328 g/mol. The fraction of sp³-hybridized carbons (Fsp3) is 0.750. The molecule has 0 fully saturated rings. The van der Waals surface area contributed by atoms with Crippen molar-refractivity contribution in [1.82, 2.24) is 16.0 Å². The average molecular weight is 358 g/mol. The Bertz CT molecular complexity index is 454. The van der Waals surface area contributed by atoms with Gasteiger partial charge in [-0.1, -0.05) is 13.8 Å². The van der Waals surface area contributed by atoms with Gasteiger partial charge in [0.2, 0.25) is 11.8 Å². The van der Waals surface area contributed by atoms with Crippen LogP contribution in [-0.4, -0.2) is 50.1 Å². The summed E-state index contributed by atoms with van der Waals surface area (Å²) in [5, 5.41) is 7.94. The minimum absolute atomic E-state index is 0.0684. The van der Waals surface area contributed by atoms with E-state index in [2.05, 4.69) is 20.7 Å². The number of ether oxygens (including phenoxy) is 1. The third-order valence-electron chi connectivity index (χ3n) is 3.48. The molecular formula is C16H30N4O5. The summed E-state index contributed by atoms with van der Waals surface area (Å²) in [6.07, 6.45) is 2.07. The van der Waals surface area contributed by atoms with Gasteiger partial charge in [0.1, 0.15) is 6.04 Å². The van der Waals surface area contributed by atoms with Crippen LogP contribution < -0.4 is 21.7 Å². The second-order valence-corrected chi connectivity index (χ2v) is 6.01. The molecule has 144 valence electrons. The number of hydrogen-bond donors (Lipinski definition) is 4. The molecule has 9 heteroatoms. The second-order valence-electron chi connectivity index (χ2n) is 6.01. The van der Waals surface area contributed by atoms with E-state index < -0.39 is 12.1 Å². The van der Waals surface area contributed by atoms with Gasteiger partial charge < -0.3 is 26.4 Å². The lowest BCUT2D eigenvalue weighted by atomic mass is 10.0. The molecule has 1 unspecified atom stereocenters. The molecule has 5 N–H and O–H groups in total. The summed E-state index contributed by atoms with van der Waals surface area (Å²) in [7, 11) is 1.30. The van der Waals surface area contributed by atoms with Crippen LogP contribution in [0.15, 0.2) is 0 Å². The molecule has 0 aliphatic rings. The van der Waals surface area contributed by atoms with Crippen LogP contribution in [0.3, 0.4) is 0 Å². The maximum absolute atomic E-state index is 12.2. The summed E-state index contributed by atoms with van der Waals surface area (Å²) in [6, 6.07) is -1.20. The molecule has 0 aromatic rings. The minimum Gasteiger partial charge on any atom is -0.469 e. The molecule has 0 aliphatic carbocycles. The topological polar surface area (TPSA) is 140 Å². The lowest BCUT2D eigenvalue weighted by Crippen LogP contribution is -2.49. The molecule has 0 heterocycles. The van der Waals surface area contributed by atoms with Gasteiger partial charge in [-0.25, -0.2) is 4.79 Å². The first-order valence-electron chi connectivity index (χ1n) is 8.45.